The van der Waals surface area contributed by atoms with Gasteiger partial charge in [0.25, 0.3) is 5.91 Å². The van der Waals surface area contributed by atoms with Crippen LogP contribution in [-0.2, 0) is 16.0 Å². The number of hydrogen-bond acceptors (Lipinski definition) is 4. The van der Waals surface area contributed by atoms with Crippen molar-refractivity contribution in [2.24, 2.45) is 11.5 Å². The lowest BCUT2D eigenvalue weighted by molar-refractivity contribution is -0.139. The Morgan fingerprint density at radius 1 is 1.19 bits per heavy atom. The molecule has 1 aromatic rings. The fourth-order valence-corrected chi connectivity index (χ4v) is 1.78. The van der Waals surface area contributed by atoms with Crippen molar-refractivity contribution in [1.82, 2.24) is 5.32 Å². The van der Waals surface area contributed by atoms with Crippen LogP contribution in [0.1, 0.15) is 28.8 Å². The molecule has 0 aliphatic rings. The van der Waals surface area contributed by atoms with Crippen molar-refractivity contribution in [3.8, 4) is 0 Å². The van der Waals surface area contributed by atoms with E-state index < -0.39 is 23.8 Å². The van der Waals surface area contributed by atoms with Crippen LogP contribution >= 0.6 is 0 Å². The normalized spacial score (nSPS) is 11.7. The second-order valence-electron chi connectivity index (χ2n) is 4.60. The Hall–Kier alpha value is -2.41. The molecule has 2 amide bonds. The largest absolute Gasteiger partial charge is 0.480 e. The van der Waals surface area contributed by atoms with Crippen LogP contribution in [0.4, 0.5) is 0 Å². The standard InChI is InChI=1S/C14H19N3O4/c15-8-7-9-1-3-10(4-2-9)13(19)17-11(14(20)21)5-6-12(16)18/h1-4,11H,5-8,15H2,(H2,16,18)(H,17,19)(H,20,21)/t11-/m1/s1. The summed E-state index contributed by atoms with van der Waals surface area (Å²) < 4.78 is 0. The van der Waals surface area contributed by atoms with E-state index in [0.717, 1.165) is 5.56 Å². The van der Waals surface area contributed by atoms with Gasteiger partial charge in [0, 0.05) is 12.0 Å². The first kappa shape index (κ1) is 16.6. The highest BCUT2D eigenvalue weighted by molar-refractivity contribution is 5.96. The summed E-state index contributed by atoms with van der Waals surface area (Å²) in [7, 11) is 0. The molecule has 0 radical (unpaired) electrons. The van der Waals surface area contributed by atoms with Gasteiger partial charge < -0.3 is 21.9 Å². The Morgan fingerprint density at radius 2 is 1.81 bits per heavy atom. The highest BCUT2D eigenvalue weighted by atomic mass is 16.4. The highest BCUT2D eigenvalue weighted by Gasteiger charge is 2.21. The molecule has 114 valence electrons. The molecule has 7 nitrogen and oxygen atoms in total. The number of nitrogens with two attached hydrogens (primary N) is 2. The second-order valence-corrected chi connectivity index (χ2v) is 4.60. The van der Waals surface area contributed by atoms with Crippen LogP contribution in [0.25, 0.3) is 0 Å². The summed E-state index contributed by atoms with van der Waals surface area (Å²) in [6, 6.07) is 5.59. The van der Waals surface area contributed by atoms with Crippen LogP contribution in [0.5, 0.6) is 0 Å². The molecule has 1 aromatic carbocycles. The van der Waals surface area contributed by atoms with Gasteiger partial charge >= 0.3 is 5.97 Å². The number of benzene rings is 1. The smallest absolute Gasteiger partial charge is 0.326 e. The molecule has 0 unspecified atom stereocenters. The molecule has 6 N–H and O–H groups in total. The van der Waals surface area contributed by atoms with Gasteiger partial charge in [-0.05, 0) is 37.1 Å². The van der Waals surface area contributed by atoms with Crippen molar-refractivity contribution in [1.29, 1.82) is 0 Å². The molecule has 0 aliphatic carbocycles. The summed E-state index contributed by atoms with van der Waals surface area (Å²) in [6.07, 6.45) is 0.562. The number of aliphatic carboxylic acids is 1. The minimum absolute atomic E-state index is 0.0400. The topological polar surface area (TPSA) is 136 Å². The first-order valence-corrected chi connectivity index (χ1v) is 6.55. The molecule has 7 heteroatoms. The van der Waals surface area contributed by atoms with E-state index in [-0.39, 0.29) is 12.8 Å². The van der Waals surface area contributed by atoms with E-state index >= 15 is 0 Å². The molecule has 1 rings (SSSR count). The number of amides is 2. The average molecular weight is 293 g/mol. The number of rotatable bonds is 8. The molecule has 0 aromatic heterocycles. The maximum absolute atomic E-state index is 12.0. The minimum Gasteiger partial charge on any atom is -0.480 e. The molecular formula is C14H19N3O4. The number of nitrogens with one attached hydrogen (secondary N) is 1. The first-order chi connectivity index (χ1) is 9.93. The van der Waals surface area contributed by atoms with Crippen molar-refractivity contribution >= 4 is 17.8 Å². The number of hydrogen-bond donors (Lipinski definition) is 4. The van der Waals surface area contributed by atoms with E-state index in [4.69, 9.17) is 16.6 Å². The molecule has 0 fully saturated rings. The molecule has 0 saturated heterocycles. The van der Waals surface area contributed by atoms with Gasteiger partial charge in [0.1, 0.15) is 6.04 Å². The quantitative estimate of drug-likeness (QED) is 0.519. The SMILES string of the molecule is NCCc1ccc(C(=O)N[C@H](CCC(N)=O)C(=O)O)cc1. The van der Waals surface area contributed by atoms with E-state index in [1.807, 2.05) is 0 Å². The van der Waals surface area contributed by atoms with Crippen LogP contribution in [0, 0.1) is 0 Å². The Morgan fingerprint density at radius 3 is 2.29 bits per heavy atom. The predicted molar refractivity (Wildman–Crippen MR) is 76.5 cm³/mol. The van der Waals surface area contributed by atoms with Gasteiger partial charge in [-0.25, -0.2) is 4.79 Å². The lowest BCUT2D eigenvalue weighted by Crippen LogP contribution is -2.41. The van der Waals surface area contributed by atoms with Gasteiger partial charge in [-0.15, -0.1) is 0 Å². The maximum Gasteiger partial charge on any atom is 0.326 e. The Labute approximate surface area is 122 Å². The van der Waals surface area contributed by atoms with Gasteiger partial charge in [0.05, 0.1) is 0 Å². The van der Waals surface area contributed by atoms with Gasteiger partial charge in [0.2, 0.25) is 5.91 Å². The van der Waals surface area contributed by atoms with Gasteiger partial charge in [-0.3, -0.25) is 9.59 Å². The molecule has 0 spiro atoms. The summed E-state index contributed by atoms with van der Waals surface area (Å²) >= 11 is 0. The second kappa shape index (κ2) is 8.01. The molecular weight excluding hydrogens is 274 g/mol. The van der Waals surface area contributed by atoms with Crippen molar-refractivity contribution in [3.63, 3.8) is 0 Å². The van der Waals surface area contributed by atoms with Crippen molar-refractivity contribution < 1.29 is 19.5 Å². The first-order valence-electron chi connectivity index (χ1n) is 6.55. The molecule has 0 aliphatic heterocycles. The average Bonchev–Trinajstić information content (AvgIpc) is 2.43. The third-order valence-corrected chi connectivity index (χ3v) is 2.93. The minimum atomic E-state index is -1.20. The summed E-state index contributed by atoms with van der Waals surface area (Å²) in [5.41, 5.74) is 11.8. The third kappa shape index (κ3) is 5.62. The number of carbonyl (C=O) groups is 3. The monoisotopic (exact) mass is 293 g/mol. The van der Waals surface area contributed by atoms with Crippen LogP contribution < -0.4 is 16.8 Å². The van der Waals surface area contributed by atoms with Crippen LogP contribution in [-0.4, -0.2) is 35.5 Å². The summed E-state index contributed by atoms with van der Waals surface area (Å²) in [6.45, 7) is 0.514. The predicted octanol–water partition coefficient (Wildman–Crippen LogP) is -0.364. The Balaban J connectivity index is 2.67. The fraction of sp³-hybridized carbons (Fsp3) is 0.357. The van der Waals surface area contributed by atoms with Crippen LogP contribution in [0.15, 0.2) is 24.3 Å². The zero-order chi connectivity index (χ0) is 15.8. The summed E-state index contributed by atoms with van der Waals surface area (Å²) in [4.78, 5) is 33.7. The summed E-state index contributed by atoms with van der Waals surface area (Å²) in [5.74, 6) is -2.32. The molecule has 0 bridgehead atoms. The third-order valence-electron chi connectivity index (χ3n) is 2.93. The van der Waals surface area contributed by atoms with Crippen molar-refractivity contribution in [2.45, 2.75) is 25.3 Å². The van der Waals surface area contributed by atoms with Crippen LogP contribution in [0.3, 0.4) is 0 Å². The maximum atomic E-state index is 12.0. The lowest BCUT2D eigenvalue weighted by atomic mass is 10.1. The number of primary amides is 1. The van der Waals surface area contributed by atoms with E-state index in [1.54, 1.807) is 24.3 Å². The van der Waals surface area contributed by atoms with Crippen molar-refractivity contribution in [3.05, 3.63) is 35.4 Å². The zero-order valence-electron chi connectivity index (χ0n) is 11.5. The summed E-state index contributed by atoms with van der Waals surface area (Å²) in [5, 5.41) is 11.4. The number of carbonyl (C=O) groups excluding carboxylic acids is 2. The van der Waals surface area contributed by atoms with Gasteiger partial charge in [0.15, 0.2) is 0 Å². The Bertz CT molecular complexity index is 513. The Kier molecular flexibility index (Phi) is 6.35. The van der Waals surface area contributed by atoms with E-state index in [0.29, 0.717) is 18.5 Å². The number of carboxylic acid groups (broad SMARTS) is 1. The molecule has 21 heavy (non-hydrogen) atoms. The number of carboxylic acids is 1. The molecule has 0 heterocycles. The van der Waals surface area contributed by atoms with Crippen LogP contribution in [0.2, 0.25) is 0 Å². The van der Waals surface area contributed by atoms with Gasteiger partial charge in [-0.1, -0.05) is 12.1 Å². The van der Waals surface area contributed by atoms with E-state index in [9.17, 15) is 14.4 Å². The molecule has 1 atom stereocenters. The molecule has 0 saturated carbocycles. The lowest BCUT2D eigenvalue weighted by Gasteiger charge is -2.13. The highest BCUT2D eigenvalue weighted by Crippen LogP contribution is 2.06. The van der Waals surface area contributed by atoms with Gasteiger partial charge in [-0.2, -0.15) is 0 Å². The van der Waals surface area contributed by atoms with E-state index in [1.165, 1.54) is 0 Å². The zero-order valence-corrected chi connectivity index (χ0v) is 11.5. The van der Waals surface area contributed by atoms with E-state index in [2.05, 4.69) is 5.32 Å². The van der Waals surface area contributed by atoms with Crippen molar-refractivity contribution in [2.75, 3.05) is 6.54 Å². The fourth-order valence-electron chi connectivity index (χ4n) is 1.78.